The van der Waals surface area contributed by atoms with E-state index in [-0.39, 0.29) is 5.41 Å². The molecule has 0 bridgehead atoms. The van der Waals surface area contributed by atoms with Gasteiger partial charge in [0.05, 0.1) is 5.56 Å². The van der Waals surface area contributed by atoms with Gasteiger partial charge in [-0.2, -0.15) is 0 Å². The van der Waals surface area contributed by atoms with E-state index in [1.165, 1.54) is 88.4 Å². The number of hydrogen-bond acceptors (Lipinski definition) is 2. The summed E-state index contributed by atoms with van der Waals surface area (Å²) in [5, 5.41) is 13.3. The Labute approximate surface area is 244 Å². The lowest BCUT2D eigenvalue weighted by molar-refractivity contribution is -0.222. The molecular formula is C37H55NO2. The number of carboxylic acid groups (broad SMARTS) is 1. The van der Waals surface area contributed by atoms with Gasteiger partial charge in [-0.25, -0.2) is 4.79 Å². The van der Waals surface area contributed by atoms with Gasteiger partial charge < -0.3 is 10.4 Å². The number of carbonyl (C=O) groups is 1. The van der Waals surface area contributed by atoms with Crippen molar-refractivity contribution in [3.05, 3.63) is 41.5 Å². The molecule has 4 saturated carbocycles. The fourth-order valence-electron chi connectivity index (χ4n) is 12.4. The maximum Gasteiger partial charge on any atom is 0.335 e. The standard InChI is InChI=1S/C37H55NO2/c1-7-23-38-24-37-18-8-9-29(37)28-14-15-31-34(4)19-16-27(25-10-12-26(13-11-25)32(39)40)33(2,3)30(34)17-20-36(31,6)35(28,5)21-22-37/h10-13,16,28-31,38H,7-9,14-15,17-24H2,1-6H3,(H,39,40)/t28-,29?,30?,31?,34+,35-,36-,37-/m1/s1. The first-order chi connectivity index (χ1) is 18.9. The minimum absolute atomic E-state index is 0.0783. The molecule has 0 spiro atoms. The predicted octanol–water partition coefficient (Wildman–Crippen LogP) is 9.23. The molecule has 0 aliphatic heterocycles. The first kappa shape index (κ1) is 28.5. The SMILES string of the molecule is CCCNC[C@]12CCCC1[C@H]1CCC3[C@@]4(C)CC=C(c5ccc(C(=O)O)cc5)C(C)(C)C4CC[C@@]3(C)[C@]1(C)CC2. The number of rotatable bonds is 6. The van der Waals surface area contributed by atoms with Crippen LogP contribution in [0.2, 0.25) is 0 Å². The fourth-order valence-corrected chi connectivity index (χ4v) is 12.4. The van der Waals surface area contributed by atoms with E-state index in [0.29, 0.717) is 33.1 Å². The van der Waals surface area contributed by atoms with Gasteiger partial charge in [0, 0.05) is 6.54 Å². The van der Waals surface area contributed by atoms with Crippen molar-refractivity contribution in [3.8, 4) is 0 Å². The lowest BCUT2D eigenvalue weighted by Gasteiger charge is -2.72. The molecule has 3 unspecified atom stereocenters. The lowest BCUT2D eigenvalue weighted by atomic mass is 9.32. The molecule has 1 aromatic rings. The van der Waals surface area contributed by atoms with Crippen molar-refractivity contribution in [1.82, 2.24) is 5.32 Å². The Morgan fingerprint density at radius 3 is 2.33 bits per heavy atom. The number of carboxylic acids is 1. The minimum atomic E-state index is -0.846. The summed E-state index contributed by atoms with van der Waals surface area (Å²) in [6.45, 7) is 17.9. The Bertz CT molecular complexity index is 1170. The van der Waals surface area contributed by atoms with Crippen molar-refractivity contribution in [2.75, 3.05) is 13.1 Å². The first-order valence-electron chi connectivity index (χ1n) is 16.7. The molecule has 220 valence electrons. The van der Waals surface area contributed by atoms with E-state index in [9.17, 15) is 9.90 Å². The molecule has 1 aromatic carbocycles. The molecule has 5 aliphatic rings. The summed E-state index contributed by atoms with van der Waals surface area (Å²) in [5.74, 6) is 2.40. The molecular weight excluding hydrogens is 490 g/mol. The van der Waals surface area contributed by atoms with Crippen LogP contribution in [0.3, 0.4) is 0 Å². The second-order valence-electron chi connectivity index (χ2n) is 16.1. The number of fused-ring (bicyclic) bond motifs is 7. The third-order valence-corrected chi connectivity index (χ3v) is 14.5. The maximum atomic E-state index is 11.5. The largest absolute Gasteiger partial charge is 0.478 e. The Morgan fingerprint density at radius 1 is 0.875 bits per heavy atom. The maximum absolute atomic E-state index is 11.5. The molecule has 4 fully saturated rings. The summed E-state index contributed by atoms with van der Waals surface area (Å²) < 4.78 is 0. The van der Waals surface area contributed by atoms with Crippen molar-refractivity contribution in [3.63, 3.8) is 0 Å². The monoisotopic (exact) mass is 545 g/mol. The molecule has 0 heterocycles. The summed E-state index contributed by atoms with van der Waals surface area (Å²) in [6, 6.07) is 7.66. The molecule has 8 atom stereocenters. The third-order valence-electron chi connectivity index (χ3n) is 14.5. The average Bonchev–Trinajstić information content (AvgIpc) is 3.33. The average molecular weight is 546 g/mol. The van der Waals surface area contributed by atoms with E-state index in [4.69, 9.17) is 0 Å². The second-order valence-corrected chi connectivity index (χ2v) is 16.1. The predicted molar refractivity (Wildman–Crippen MR) is 165 cm³/mol. The highest BCUT2D eigenvalue weighted by Crippen LogP contribution is 2.77. The smallest absolute Gasteiger partial charge is 0.335 e. The van der Waals surface area contributed by atoms with Gasteiger partial charge in [-0.1, -0.05) is 66.2 Å². The molecule has 5 aliphatic carbocycles. The number of allylic oxidation sites excluding steroid dienone is 2. The highest BCUT2D eigenvalue weighted by atomic mass is 16.4. The van der Waals surface area contributed by atoms with Gasteiger partial charge in [-0.05, 0) is 145 Å². The summed E-state index contributed by atoms with van der Waals surface area (Å²) >= 11 is 0. The van der Waals surface area contributed by atoms with E-state index in [2.05, 4.69) is 52.9 Å². The van der Waals surface area contributed by atoms with Crippen LogP contribution in [0.25, 0.3) is 5.57 Å². The molecule has 3 heteroatoms. The lowest BCUT2D eigenvalue weighted by Crippen LogP contribution is -2.65. The summed E-state index contributed by atoms with van der Waals surface area (Å²) in [6.07, 6.45) is 17.7. The van der Waals surface area contributed by atoms with Crippen LogP contribution in [0.15, 0.2) is 30.3 Å². The summed E-state index contributed by atoms with van der Waals surface area (Å²) in [4.78, 5) is 11.5. The molecule has 0 aromatic heterocycles. The van der Waals surface area contributed by atoms with Crippen LogP contribution >= 0.6 is 0 Å². The van der Waals surface area contributed by atoms with Crippen molar-refractivity contribution < 1.29 is 9.90 Å². The third kappa shape index (κ3) is 3.88. The van der Waals surface area contributed by atoms with E-state index in [1.807, 2.05) is 12.1 Å². The van der Waals surface area contributed by atoms with Crippen LogP contribution in [0, 0.1) is 50.7 Å². The highest BCUT2D eigenvalue weighted by Gasteiger charge is 2.69. The first-order valence-corrected chi connectivity index (χ1v) is 16.7. The molecule has 40 heavy (non-hydrogen) atoms. The van der Waals surface area contributed by atoms with Crippen molar-refractivity contribution in [1.29, 1.82) is 0 Å². The van der Waals surface area contributed by atoms with Gasteiger partial charge in [-0.3, -0.25) is 0 Å². The molecule has 0 saturated heterocycles. The van der Waals surface area contributed by atoms with Crippen LogP contribution in [0.1, 0.15) is 128 Å². The van der Waals surface area contributed by atoms with Gasteiger partial charge in [-0.15, -0.1) is 0 Å². The second kappa shape index (κ2) is 9.72. The number of aromatic carboxylic acids is 1. The Balaban J connectivity index is 1.30. The highest BCUT2D eigenvalue weighted by molar-refractivity contribution is 5.88. The number of benzene rings is 1. The normalized spacial score (nSPS) is 43.6. The Morgan fingerprint density at radius 2 is 1.62 bits per heavy atom. The minimum Gasteiger partial charge on any atom is -0.478 e. The topological polar surface area (TPSA) is 49.3 Å². The van der Waals surface area contributed by atoms with Crippen LogP contribution < -0.4 is 5.32 Å². The molecule has 3 nitrogen and oxygen atoms in total. The van der Waals surface area contributed by atoms with E-state index >= 15 is 0 Å². The van der Waals surface area contributed by atoms with Gasteiger partial charge >= 0.3 is 5.97 Å². The Kier molecular flexibility index (Phi) is 6.92. The molecule has 0 radical (unpaired) electrons. The molecule has 2 N–H and O–H groups in total. The summed E-state index contributed by atoms with van der Waals surface area (Å²) in [7, 11) is 0. The number of hydrogen-bond donors (Lipinski definition) is 2. The van der Waals surface area contributed by atoms with E-state index in [0.717, 1.165) is 24.2 Å². The van der Waals surface area contributed by atoms with E-state index < -0.39 is 5.97 Å². The summed E-state index contributed by atoms with van der Waals surface area (Å²) in [5.41, 5.74) is 4.85. The van der Waals surface area contributed by atoms with Crippen LogP contribution in [-0.2, 0) is 0 Å². The van der Waals surface area contributed by atoms with Crippen molar-refractivity contribution in [2.45, 2.75) is 112 Å². The molecule has 6 rings (SSSR count). The van der Waals surface area contributed by atoms with Gasteiger partial charge in [0.2, 0.25) is 0 Å². The van der Waals surface area contributed by atoms with E-state index in [1.54, 1.807) is 12.1 Å². The quantitative estimate of drug-likeness (QED) is 0.350. The number of nitrogens with one attached hydrogen (secondary N) is 1. The molecule has 0 amide bonds. The van der Waals surface area contributed by atoms with Crippen LogP contribution in [0.4, 0.5) is 0 Å². The van der Waals surface area contributed by atoms with Crippen molar-refractivity contribution >= 4 is 11.5 Å². The fraction of sp³-hybridized carbons (Fsp3) is 0.757. The Hall–Kier alpha value is -1.61. The van der Waals surface area contributed by atoms with Gasteiger partial charge in [0.1, 0.15) is 0 Å². The zero-order chi connectivity index (χ0) is 28.6. The van der Waals surface area contributed by atoms with Crippen LogP contribution in [-0.4, -0.2) is 24.2 Å². The van der Waals surface area contributed by atoms with Gasteiger partial charge in [0.25, 0.3) is 0 Å². The van der Waals surface area contributed by atoms with Crippen LogP contribution in [0.5, 0.6) is 0 Å². The zero-order valence-electron chi connectivity index (χ0n) is 26.2. The van der Waals surface area contributed by atoms with Crippen molar-refractivity contribution in [2.24, 2.45) is 50.7 Å². The zero-order valence-corrected chi connectivity index (χ0v) is 26.2. The van der Waals surface area contributed by atoms with Gasteiger partial charge in [0.15, 0.2) is 0 Å².